The molecular formula is C10H12ClNO. The molecule has 0 saturated heterocycles. The number of rotatable bonds is 3. The van der Waals surface area contributed by atoms with Crippen molar-refractivity contribution < 1.29 is 4.79 Å². The van der Waals surface area contributed by atoms with E-state index in [1.165, 1.54) is 0 Å². The van der Waals surface area contributed by atoms with Gasteiger partial charge in [-0.3, -0.25) is 4.79 Å². The number of hydrogen-bond donors (Lipinski definition) is 1. The molecular weight excluding hydrogens is 186 g/mol. The smallest absolute Gasteiger partial charge is 0.235 e. The summed E-state index contributed by atoms with van der Waals surface area (Å²) in [6.07, 6.45) is 0.499. The van der Waals surface area contributed by atoms with Crippen molar-refractivity contribution in [1.29, 1.82) is 0 Å². The fourth-order valence-corrected chi connectivity index (χ4v) is 1.32. The van der Waals surface area contributed by atoms with Crippen molar-refractivity contribution in [2.45, 2.75) is 18.7 Å². The summed E-state index contributed by atoms with van der Waals surface area (Å²) in [4.78, 5) is 10.7. The van der Waals surface area contributed by atoms with E-state index in [-0.39, 0.29) is 0 Å². The Kier molecular flexibility index (Phi) is 3.32. The highest BCUT2D eigenvalue weighted by Gasteiger charge is 2.11. The first-order valence-electron chi connectivity index (χ1n) is 4.08. The zero-order valence-electron chi connectivity index (χ0n) is 7.46. The summed E-state index contributed by atoms with van der Waals surface area (Å²) in [5.74, 6) is -0.469. The van der Waals surface area contributed by atoms with Crippen LogP contribution in [0.5, 0.6) is 0 Å². The van der Waals surface area contributed by atoms with Gasteiger partial charge in [0.2, 0.25) is 5.91 Å². The Hall–Kier alpha value is -1.02. The molecule has 13 heavy (non-hydrogen) atoms. The molecule has 0 aliphatic carbocycles. The van der Waals surface area contributed by atoms with Crippen LogP contribution in [0.4, 0.5) is 0 Å². The SMILES string of the molecule is Cc1cccc(CC(Cl)C(N)=O)c1. The molecule has 0 heterocycles. The molecule has 0 bridgehead atoms. The highest BCUT2D eigenvalue weighted by molar-refractivity contribution is 6.30. The Morgan fingerprint density at radius 3 is 2.85 bits per heavy atom. The first-order valence-corrected chi connectivity index (χ1v) is 4.52. The molecule has 1 rings (SSSR count). The first kappa shape index (κ1) is 10.1. The largest absolute Gasteiger partial charge is 0.368 e. The predicted molar refractivity (Wildman–Crippen MR) is 53.7 cm³/mol. The number of carbonyl (C=O) groups is 1. The van der Waals surface area contributed by atoms with Crippen LogP contribution in [0.1, 0.15) is 11.1 Å². The normalized spacial score (nSPS) is 12.5. The van der Waals surface area contributed by atoms with Crippen LogP contribution in [0, 0.1) is 6.92 Å². The van der Waals surface area contributed by atoms with Crippen molar-refractivity contribution in [3.63, 3.8) is 0 Å². The third-order valence-electron chi connectivity index (χ3n) is 1.81. The zero-order chi connectivity index (χ0) is 9.84. The van der Waals surface area contributed by atoms with Gasteiger partial charge in [-0.15, -0.1) is 11.6 Å². The van der Waals surface area contributed by atoms with E-state index in [9.17, 15) is 4.79 Å². The number of hydrogen-bond acceptors (Lipinski definition) is 1. The number of amides is 1. The van der Waals surface area contributed by atoms with E-state index in [1.54, 1.807) is 0 Å². The second-order valence-corrected chi connectivity index (χ2v) is 3.59. The summed E-state index contributed by atoms with van der Waals surface area (Å²) in [6, 6.07) is 7.87. The summed E-state index contributed by atoms with van der Waals surface area (Å²) < 4.78 is 0. The maximum Gasteiger partial charge on any atom is 0.235 e. The zero-order valence-corrected chi connectivity index (χ0v) is 8.21. The third-order valence-corrected chi connectivity index (χ3v) is 2.18. The Morgan fingerprint density at radius 1 is 1.62 bits per heavy atom. The standard InChI is InChI=1S/C10H12ClNO/c1-7-3-2-4-8(5-7)6-9(11)10(12)13/h2-5,9H,6H2,1H3,(H2,12,13). The fourth-order valence-electron chi connectivity index (χ4n) is 1.15. The lowest BCUT2D eigenvalue weighted by Gasteiger charge is -2.05. The highest BCUT2D eigenvalue weighted by Crippen LogP contribution is 2.09. The first-order chi connectivity index (χ1) is 6.09. The Bertz CT molecular complexity index is 312. The van der Waals surface area contributed by atoms with Gasteiger partial charge in [-0.1, -0.05) is 29.8 Å². The van der Waals surface area contributed by atoms with Crippen LogP contribution in [0.25, 0.3) is 0 Å². The molecule has 2 N–H and O–H groups in total. The van der Waals surface area contributed by atoms with Crippen LogP contribution >= 0.6 is 11.6 Å². The van der Waals surface area contributed by atoms with E-state index in [4.69, 9.17) is 17.3 Å². The maximum atomic E-state index is 10.7. The molecule has 1 amide bonds. The van der Waals surface area contributed by atoms with E-state index in [0.717, 1.165) is 11.1 Å². The molecule has 2 nitrogen and oxygen atoms in total. The lowest BCUT2D eigenvalue weighted by atomic mass is 10.1. The van der Waals surface area contributed by atoms with Gasteiger partial charge < -0.3 is 5.73 Å². The highest BCUT2D eigenvalue weighted by atomic mass is 35.5. The predicted octanol–water partition coefficient (Wildman–Crippen LogP) is 1.63. The number of primary amides is 1. The summed E-state index contributed by atoms with van der Waals surface area (Å²) in [7, 11) is 0. The fraction of sp³-hybridized carbons (Fsp3) is 0.300. The molecule has 3 heteroatoms. The number of benzene rings is 1. The van der Waals surface area contributed by atoms with Gasteiger partial charge in [0.05, 0.1) is 0 Å². The monoisotopic (exact) mass is 197 g/mol. The van der Waals surface area contributed by atoms with Gasteiger partial charge in [0.25, 0.3) is 0 Å². The molecule has 1 atom stereocenters. The number of aryl methyl sites for hydroxylation is 1. The van der Waals surface area contributed by atoms with Gasteiger partial charge in [-0.05, 0) is 18.9 Å². The molecule has 0 fully saturated rings. The maximum absolute atomic E-state index is 10.7. The van der Waals surface area contributed by atoms with E-state index in [1.807, 2.05) is 31.2 Å². The average Bonchev–Trinajstić information content (AvgIpc) is 2.04. The van der Waals surface area contributed by atoms with Crippen LogP contribution in [-0.2, 0) is 11.2 Å². The van der Waals surface area contributed by atoms with E-state index >= 15 is 0 Å². The quantitative estimate of drug-likeness (QED) is 0.736. The van der Waals surface area contributed by atoms with Gasteiger partial charge in [-0.25, -0.2) is 0 Å². The minimum atomic E-state index is -0.609. The molecule has 70 valence electrons. The minimum absolute atomic E-state index is 0.469. The van der Waals surface area contributed by atoms with Crippen LogP contribution in [0.2, 0.25) is 0 Å². The molecule has 0 spiro atoms. The molecule has 0 aromatic heterocycles. The molecule has 0 aliphatic rings. The van der Waals surface area contributed by atoms with Crippen molar-refractivity contribution in [3.05, 3.63) is 35.4 Å². The summed E-state index contributed by atoms with van der Waals surface area (Å²) in [5.41, 5.74) is 7.25. The number of halogens is 1. The molecule has 1 aromatic rings. The van der Waals surface area contributed by atoms with Gasteiger partial charge in [-0.2, -0.15) is 0 Å². The Labute approximate surface area is 82.7 Å². The van der Waals surface area contributed by atoms with Crippen LogP contribution in [0.3, 0.4) is 0 Å². The third kappa shape index (κ3) is 3.07. The van der Waals surface area contributed by atoms with Crippen molar-refractivity contribution in [2.75, 3.05) is 0 Å². The molecule has 0 aliphatic heterocycles. The Morgan fingerprint density at radius 2 is 2.31 bits per heavy atom. The Balaban J connectivity index is 2.69. The molecule has 0 radical (unpaired) electrons. The van der Waals surface area contributed by atoms with Crippen molar-refractivity contribution in [3.8, 4) is 0 Å². The van der Waals surface area contributed by atoms with Crippen LogP contribution in [-0.4, -0.2) is 11.3 Å². The van der Waals surface area contributed by atoms with Crippen LogP contribution in [0.15, 0.2) is 24.3 Å². The lowest BCUT2D eigenvalue weighted by molar-refractivity contribution is -0.117. The van der Waals surface area contributed by atoms with Crippen LogP contribution < -0.4 is 5.73 Å². The second-order valence-electron chi connectivity index (χ2n) is 3.06. The van der Waals surface area contributed by atoms with Crippen molar-refractivity contribution in [2.24, 2.45) is 5.73 Å². The average molecular weight is 198 g/mol. The topological polar surface area (TPSA) is 43.1 Å². The van der Waals surface area contributed by atoms with Crippen molar-refractivity contribution >= 4 is 17.5 Å². The molecule has 1 unspecified atom stereocenters. The van der Waals surface area contributed by atoms with E-state index in [2.05, 4.69) is 0 Å². The summed E-state index contributed by atoms with van der Waals surface area (Å²) in [6.45, 7) is 2.00. The van der Waals surface area contributed by atoms with Gasteiger partial charge in [0.15, 0.2) is 0 Å². The summed E-state index contributed by atoms with van der Waals surface area (Å²) in [5, 5.41) is -0.609. The van der Waals surface area contributed by atoms with Gasteiger partial charge in [0.1, 0.15) is 5.38 Å². The number of nitrogens with two attached hydrogens (primary N) is 1. The molecule has 1 aromatic carbocycles. The lowest BCUT2D eigenvalue weighted by Crippen LogP contribution is -2.25. The van der Waals surface area contributed by atoms with Gasteiger partial charge >= 0.3 is 0 Å². The second kappa shape index (κ2) is 4.28. The minimum Gasteiger partial charge on any atom is -0.368 e. The van der Waals surface area contributed by atoms with E-state index in [0.29, 0.717) is 6.42 Å². The molecule has 0 saturated carbocycles. The van der Waals surface area contributed by atoms with Crippen molar-refractivity contribution in [1.82, 2.24) is 0 Å². The van der Waals surface area contributed by atoms with Gasteiger partial charge in [0, 0.05) is 0 Å². The number of carbonyl (C=O) groups excluding carboxylic acids is 1. The van der Waals surface area contributed by atoms with E-state index < -0.39 is 11.3 Å². The summed E-state index contributed by atoms with van der Waals surface area (Å²) >= 11 is 5.73. The number of alkyl halides is 1.